The molecule has 9 heteroatoms. The molecule has 0 aliphatic rings. The van der Waals surface area contributed by atoms with Crippen LogP contribution >= 0.6 is 0 Å². The summed E-state index contributed by atoms with van der Waals surface area (Å²) in [7, 11) is 9.15. The van der Waals surface area contributed by atoms with Crippen LogP contribution in [0.3, 0.4) is 0 Å². The first kappa shape index (κ1) is 19.9. The number of hydrogen-bond donors (Lipinski definition) is 0. The van der Waals surface area contributed by atoms with Crippen molar-refractivity contribution >= 4 is 30.2 Å². The van der Waals surface area contributed by atoms with Gasteiger partial charge < -0.3 is 9.47 Å². The monoisotopic (exact) mass is 386 g/mol. The Balaban J connectivity index is 2.13. The first-order chi connectivity index (χ1) is 13.0. The van der Waals surface area contributed by atoms with E-state index in [0.29, 0.717) is 16.8 Å². The van der Waals surface area contributed by atoms with Gasteiger partial charge in [0.2, 0.25) is 0 Å². The summed E-state index contributed by atoms with van der Waals surface area (Å²) in [5.41, 5.74) is 0.0706. The third kappa shape index (κ3) is 3.25. The molecule has 2 radical (unpaired) electrons. The molecule has 2 heterocycles. The smallest absolute Gasteiger partial charge is 0.352 e. The number of nitrogens with zero attached hydrogens (tertiary/aromatic N) is 4. The van der Waals surface area contributed by atoms with Crippen LogP contribution in [0.5, 0.6) is 0 Å². The summed E-state index contributed by atoms with van der Waals surface area (Å²) in [6.07, 6.45) is -3.17. The summed E-state index contributed by atoms with van der Waals surface area (Å²) in [6, 6.07) is 5.26. The standard InChI is InChI=1S/C19H18BF3N4O/c1-10-12(6-5-7-14(10)19(21,22)23)11(2)26(3)17-13-8-15(20)27(4)18(28)16(13)24-9-25-17/h5-9,11H,1-4H3/t11-/m1/s1. The normalized spacial score (nSPS) is 13.0. The number of aromatic nitrogens is 3. The Kier molecular flexibility index (Phi) is 4.95. The molecule has 0 saturated carbocycles. The van der Waals surface area contributed by atoms with E-state index in [0.717, 1.165) is 6.07 Å². The summed E-state index contributed by atoms with van der Waals surface area (Å²) < 4.78 is 41.1. The topological polar surface area (TPSA) is 51.0 Å². The zero-order valence-corrected chi connectivity index (χ0v) is 15.9. The van der Waals surface area contributed by atoms with E-state index in [9.17, 15) is 18.0 Å². The van der Waals surface area contributed by atoms with Gasteiger partial charge in [-0.3, -0.25) is 4.79 Å². The number of benzene rings is 1. The molecule has 0 fully saturated rings. The summed E-state index contributed by atoms with van der Waals surface area (Å²) in [6.45, 7) is 3.23. The lowest BCUT2D eigenvalue weighted by Gasteiger charge is -2.29. The second-order valence-electron chi connectivity index (χ2n) is 6.70. The highest BCUT2D eigenvalue weighted by atomic mass is 19.4. The van der Waals surface area contributed by atoms with E-state index in [1.165, 1.54) is 30.9 Å². The van der Waals surface area contributed by atoms with Gasteiger partial charge in [-0.1, -0.05) is 12.1 Å². The molecule has 144 valence electrons. The molecule has 28 heavy (non-hydrogen) atoms. The van der Waals surface area contributed by atoms with Gasteiger partial charge in [0.1, 0.15) is 25.5 Å². The van der Waals surface area contributed by atoms with Crippen molar-refractivity contribution < 1.29 is 13.2 Å². The molecule has 0 saturated heterocycles. The van der Waals surface area contributed by atoms with Crippen molar-refractivity contribution in [1.82, 2.24) is 14.5 Å². The van der Waals surface area contributed by atoms with E-state index in [2.05, 4.69) is 9.97 Å². The van der Waals surface area contributed by atoms with E-state index in [1.807, 2.05) is 0 Å². The zero-order valence-electron chi connectivity index (χ0n) is 15.9. The van der Waals surface area contributed by atoms with Gasteiger partial charge in [0.05, 0.1) is 11.6 Å². The molecule has 0 aliphatic carbocycles. The van der Waals surface area contributed by atoms with Crippen LogP contribution in [0.15, 0.2) is 35.4 Å². The maximum atomic E-state index is 13.3. The Morgan fingerprint density at radius 2 is 1.93 bits per heavy atom. The fourth-order valence-corrected chi connectivity index (χ4v) is 3.30. The number of anilines is 1. The first-order valence-corrected chi connectivity index (χ1v) is 8.53. The van der Waals surface area contributed by atoms with Crippen LogP contribution in [0.4, 0.5) is 19.0 Å². The average molecular weight is 386 g/mol. The predicted molar refractivity (Wildman–Crippen MR) is 103 cm³/mol. The Morgan fingerprint density at radius 1 is 1.25 bits per heavy atom. The molecule has 0 unspecified atom stereocenters. The van der Waals surface area contributed by atoms with Crippen molar-refractivity contribution in [2.45, 2.75) is 26.1 Å². The second-order valence-corrected chi connectivity index (χ2v) is 6.70. The van der Waals surface area contributed by atoms with Crippen molar-refractivity contribution in [3.8, 4) is 0 Å². The highest BCUT2D eigenvalue weighted by Gasteiger charge is 2.33. The largest absolute Gasteiger partial charge is 0.416 e. The van der Waals surface area contributed by atoms with E-state index in [-0.39, 0.29) is 22.2 Å². The van der Waals surface area contributed by atoms with Crippen molar-refractivity contribution in [1.29, 1.82) is 0 Å². The predicted octanol–water partition coefficient (Wildman–Crippen LogP) is 2.65. The lowest BCUT2D eigenvalue weighted by molar-refractivity contribution is -0.138. The highest BCUT2D eigenvalue weighted by molar-refractivity contribution is 6.31. The minimum Gasteiger partial charge on any atom is -0.352 e. The quantitative estimate of drug-likeness (QED) is 0.650. The summed E-state index contributed by atoms with van der Waals surface area (Å²) >= 11 is 0. The molecule has 0 amide bonds. The van der Waals surface area contributed by atoms with Crippen LogP contribution in [0, 0.1) is 6.92 Å². The summed E-state index contributed by atoms with van der Waals surface area (Å²) in [5, 5.41) is 0.446. The minimum atomic E-state index is -4.43. The molecule has 3 aromatic rings. The van der Waals surface area contributed by atoms with E-state index < -0.39 is 17.8 Å². The van der Waals surface area contributed by atoms with Gasteiger partial charge in [0.15, 0.2) is 0 Å². The fraction of sp³-hybridized carbons (Fsp3) is 0.316. The molecule has 0 bridgehead atoms. The van der Waals surface area contributed by atoms with Gasteiger partial charge in [-0.15, -0.1) is 0 Å². The summed E-state index contributed by atoms with van der Waals surface area (Å²) in [4.78, 5) is 22.4. The number of alkyl halides is 3. The van der Waals surface area contributed by atoms with Gasteiger partial charge in [-0.05, 0) is 42.7 Å². The molecular formula is C19H18BF3N4O. The average Bonchev–Trinajstić information content (AvgIpc) is 2.64. The number of pyridine rings is 1. The summed E-state index contributed by atoms with van der Waals surface area (Å²) in [5.74, 6) is 0.415. The number of fused-ring (bicyclic) bond motifs is 1. The van der Waals surface area contributed by atoms with Crippen LogP contribution in [0.25, 0.3) is 10.9 Å². The van der Waals surface area contributed by atoms with Crippen LogP contribution in [0.2, 0.25) is 0 Å². The number of rotatable bonds is 3. The van der Waals surface area contributed by atoms with Crippen molar-refractivity contribution in [2.75, 3.05) is 11.9 Å². The van der Waals surface area contributed by atoms with Gasteiger partial charge >= 0.3 is 6.18 Å². The third-order valence-electron chi connectivity index (χ3n) is 5.10. The van der Waals surface area contributed by atoms with Crippen molar-refractivity contribution in [2.24, 2.45) is 7.05 Å². The lowest BCUT2D eigenvalue weighted by Crippen LogP contribution is -2.32. The Bertz CT molecular complexity index is 1110. The molecule has 0 N–H and O–H groups in total. The van der Waals surface area contributed by atoms with Gasteiger partial charge in [-0.25, -0.2) is 9.97 Å². The zero-order chi connectivity index (χ0) is 20.8. The van der Waals surface area contributed by atoms with Gasteiger partial charge in [0, 0.05) is 19.5 Å². The Labute approximate surface area is 161 Å². The Morgan fingerprint density at radius 3 is 2.57 bits per heavy atom. The van der Waals surface area contributed by atoms with Crippen LogP contribution < -0.4 is 16.1 Å². The van der Waals surface area contributed by atoms with Crippen molar-refractivity contribution in [3.63, 3.8) is 0 Å². The Hall–Kier alpha value is -2.84. The molecule has 3 rings (SSSR count). The van der Waals surface area contributed by atoms with Gasteiger partial charge in [0.25, 0.3) is 5.56 Å². The maximum absolute atomic E-state index is 13.3. The number of halogens is 3. The van der Waals surface area contributed by atoms with E-state index in [1.54, 1.807) is 31.0 Å². The maximum Gasteiger partial charge on any atom is 0.416 e. The minimum absolute atomic E-state index is 0.156. The van der Waals surface area contributed by atoms with Gasteiger partial charge in [-0.2, -0.15) is 13.2 Å². The third-order valence-corrected chi connectivity index (χ3v) is 5.10. The molecule has 0 aliphatic heterocycles. The molecule has 1 atom stereocenters. The van der Waals surface area contributed by atoms with E-state index in [4.69, 9.17) is 7.85 Å². The lowest BCUT2D eigenvalue weighted by atomic mass is 9.96. The van der Waals surface area contributed by atoms with Crippen molar-refractivity contribution in [3.05, 3.63) is 57.6 Å². The fourth-order valence-electron chi connectivity index (χ4n) is 3.30. The number of hydrogen-bond acceptors (Lipinski definition) is 4. The molecule has 5 nitrogen and oxygen atoms in total. The van der Waals surface area contributed by atoms with Crippen LogP contribution in [0.1, 0.15) is 29.7 Å². The van der Waals surface area contributed by atoms with E-state index >= 15 is 0 Å². The molecule has 0 spiro atoms. The highest BCUT2D eigenvalue weighted by Crippen LogP contribution is 2.36. The molecule has 1 aromatic carbocycles. The SMILES string of the molecule is [B]c1cc2c(N(C)[C@H](C)c3cccc(C(F)(F)F)c3C)ncnc2c(=O)n1C. The van der Waals surface area contributed by atoms with Crippen LogP contribution in [-0.2, 0) is 13.2 Å². The second kappa shape index (κ2) is 6.96. The first-order valence-electron chi connectivity index (χ1n) is 8.53. The molecular weight excluding hydrogens is 368 g/mol. The molecule has 2 aromatic heterocycles. The van der Waals surface area contributed by atoms with Crippen LogP contribution in [-0.4, -0.2) is 29.4 Å².